The van der Waals surface area contributed by atoms with E-state index < -0.39 is 42.1 Å². The molecule has 22 heteroatoms. The second-order valence-corrected chi connectivity index (χ2v) is 24.0. The fraction of sp³-hybridized carbons (Fsp3) is 0.444. The van der Waals surface area contributed by atoms with Crippen molar-refractivity contribution in [1.29, 1.82) is 0 Å². The standard InChI is InChI=1S/C24H27FN4O3S.C17H21BrN4O2S.C13H18BFO3/c1-12(2)10-29-23-20(22(31)28(5)24(29)32)19(16-8-6-7-15(11-30)21(16)25)18(33-23)9-17-13(3)26-27-14(17)4;1-8(2)7-22-16-13(15(23)21(5)17(22)24)14(18)12(25-16)6-11-9(3)19-20-10(11)4;1-12(2)13(3,4)18-14(17-12)10-7-5-6-9(8-16)11(10)15/h6-8,12,30H,9-11H2,1-5H3,(H,26,27);8H,6-7H2,1-5H3,(H,19,20);5-7,16H,8H2,1-4H3. The molecular formula is C54H66BBrF2N8O8S2. The first-order valence-corrected chi connectivity index (χ1v) is 27.4. The minimum absolute atomic E-state index is 0.154. The second-order valence-electron chi connectivity index (χ2n) is 21.1. The Labute approximate surface area is 455 Å². The molecule has 406 valence electrons. The summed E-state index contributed by atoms with van der Waals surface area (Å²) in [5.41, 5.74) is 4.89. The Kier molecular flexibility index (Phi) is 17.4. The van der Waals surface area contributed by atoms with Crippen LogP contribution in [0.3, 0.4) is 0 Å². The first-order chi connectivity index (χ1) is 35.7. The van der Waals surface area contributed by atoms with Gasteiger partial charge in [0.2, 0.25) is 0 Å². The number of rotatable bonds is 12. The van der Waals surface area contributed by atoms with Crippen LogP contribution in [0.25, 0.3) is 31.6 Å². The van der Waals surface area contributed by atoms with E-state index in [-0.39, 0.29) is 46.2 Å². The molecule has 0 radical (unpaired) electrons. The lowest BCUT2D eigenvalue weighted by molar-refractivity contribution is 0.00578. The molecule has 0 atom stereocenters. The lowest BCUT2D eigenvalue weighted by Gasteiger charge is -2.32. The highest BCUT2D eigenvalue weighted by Gasteiger charge is 2.52. The fourth-order valence-corrected chi connectivity index (χ4v) is 12.4. The molecule has 0 amide bonds. The van der Waals surface area contributed by atoms with E-state index in [1.807, 2.05) is 69.2 Å². The molecule has 0 spiro atoms. The molecule has 0 aliphatic carbocycles. The van der Waals surface area contributed by atoms with Crippen LogP contribution < -0.4 is 28.0 Å². The fourth-order valence-electron chi connectivity index (χ4n) is 9.05. The zero-order chi connectivity index (χ0) is 56.0. The minimum Gasteiger partial charge on any atom is -0.399 e. The van der Waals surface area contributed by atoms with Crippen molar-refractivity contribution in [2.75, 3.05) is 0 Å². The number of thiophene rings is 2. The van der Waals surface area contributed by atoms with E-state index in [0.717, 1.165) is 57.5 Å². The molecule has 1 fully saturated rings. The predicted molar refractivity (Wildman–Crippen MR) is 301 cm³/mol. The smallest absolute Gasteiger partial charge is 0.399 e. The molecule has 0 bridgehead atoms. The number of aliphatic hydroxyl groups excluding tert-OH is 2. The number of fused-ring (bicyclic) bond motifs is 2. The zero-order valence-corrected chi connectivity index (χ0v) is 48.6. The molecule has 4 N–H and O–H groups in total. The number of benzene rings is 2. The largest absolute Gasteiger partial charge is 0.497 e. The summed E-state index contributed by atoms with van der Waals surface area (Å²) < 4.78 is 47.5. The number of H-pyrrole nitrogens is 2. The summed E-state index contributed by atoms with van der Waals surface area (Å²) >= 11 is 6.46. The van der Waals surface area contributed by atoms with Crippen molar-refractivity contribution in [2.24, 2.45) is 25.9 Å². The Hall–Kier alpha value is -5.62. The van der Waals surface area contributed by atoms with Crippen molar-refractivity contribution in [3.05, 3.63) is 149 Å². The van der Waals surface area contributed by atoms with Gasteiger partial charge < -0.3 is 19.5 Å². The number of hydrogen-bond acceptors (Lipinski definition) is 12. The van der Waals surface area contributed by atoms with Gasteiger partial charge in [-0.2, -0.15) is 10.2 Å². The van der Waals surface area contributed by atoms with Crippen molar-refractivity contribution in [3.8, 4) is 11.1 Å². The van der Waals surface area contributed by atoms with Gasteiger partial charge in [0.1, 0.15) is 21.3 Å². The van der Waals surface area contributed by atoms with Gasteiger partial charge in [0.25, 0.3) is 11.1 Å². The van der Waals surface area contributed by atoms with Gasteiger partial charge in [-0.1, -0.05) is 64.1 Å². The van der Waals surface area contributed by atoms with Crippen LogP contribution in [0.1, 0.15) is 110 Å². The van der Waals surface area contributed by atoms with Gasteiger partial charge in [0, 0.05) is 104 Å². The third-order valence-corrected chi connectivity index (χ3v) is 17.6. The number of aromatic nitrogens is 8. The van der Waals surface area contributed by atoms with Gasteiger partial charge in [-0.05, 0) is 83.2 Å². The summed E-state index contributed by atoms with van der Waals surface area (Å²) in [4.78, 5) is 54.7. The highest BCUT2D eigenvalue weighted by Crippen LogP contribution is 2.41. The van der Waals surface area contributed by atoms with E-state index in [9.17, 15) is 28.7 Å². The summed E-state index contributed by atoms with van der Waals surface area (Å²) in [6.07, 6.45) is 1.11. The summed E-state index contributed by atoms with van der Waals surface area (Å²) in [7, 11) is 2.25. The summed E-state index contributed by atoms with van der Waals surface area (Å²) in [6, 6.07) is 9.66. The molecule has 2 aromatic carbocycles. The molecule has 9 rings (SSSR count). The zero-order valence-electron chi connectivity index (χ0n) is 45.4. The lowest BCUT2D eigenvalue weighted by atomic mass is 9.78. The first-order valence-electron chi connectivity index (χ1n) is 24.9. The molecule has 1 aliphatic rings. The highest BCUT2D eigenvalue weighted by molar-refractivity contribution is 9.10. The van der Waals surface area contributed by atoms with Gasteiger partial charge in [0.05, 0.1) is 46.6 Å². The van der Waals surface area contributed by atoms with Crippen molar-refractivity contribution in [1.82, 2.24) is 38.7 Å². The Morgan fingerprint density at radius 1 is 0.684 bits per heavy atom. The second kappa shape index (κ2) is 22.8. The molecule has 0 saturated carbocycles. The van der Waals surface area contributed by atoms with Crippen LogP contribution in [-0.4, -0.2) is 67.2 Å². The lowest BCUT2D eigenvalue weighted by Crippen LogP contribution is -2.41. The average Bonchev–Trinajstić information content (AvgIpc) is 4.14. The van der Waals surface area contributed by atoms with E-state index in [0.29, 0.717) is 58.5 Å². The van der Waals surface area contributed by atoms with Gasteiger partial charge in [0.15, 0.2) is 0 Å². The molecule has 16 nitrogen and oxygen atoms in total. The van der Waals surface area contributed by atoms with Crippen LogP contribution >= 0.6 is 38.6 Å². The van der Waals surface area contributed by atoms with E-state index in [1.54, 1.807) is 39.5 Å². The van der Waals surface area contributed by atoms with E-state index in [1.165, 1.54) is 47.4 Å². The molecule has 0 unspecified atom stereocenters. The van der Waals surface area contributed by atoms with Crippen LogP contribution in [0.5, 0.6) is 0 Å². The Morgan fingerprint density at radius 3 is 1.58 bits per heavy atom. The maximum absolute atomic E-state index is 15.5. The van der Waals surface area contributed by atoms with Crippen molar-refractivity contribution in [3.63, 3.8) is 0 Å². The van der Waals surface area contributed by atoms with Gasteiger partial charge in [-0.3, -0.25) is 38.1 Å². The molecule has 1 aliphatic heterocycles. The molecule has 76 heavy (non-hydrogen) atoms. The van der Waals surface area contributed by atoms with Crippen LogP contribution in [0, 0.1) is 51.2 Å². The monoisotopic (exact) mass is 1150 g/mol. The maximum atomic E-state index is 15.5. The molecular weight excluding hydrogens is 1080 g/mol. The third-order valence-electron chi connectivity index (χ3n) is 14.1. The van der Waals surface area contributed by atoms with Gasteiger partial charge >= 0.3 is 18.5 Å². The van der Waals surface area contributed by atoms with Crippen molar-refractivity contribution < 1.29 is 28.3 Å². The van der Waals surface area contributed by atoms with Crippen LogP contribution in [0.15, 0.2) is 60.0 Å². The average molecular weight is 1150 g/mol. The number of hydrogen-bond donors (Lipinski definition) is 4. The van der Waals surface area contributed by atoms with E-state index in [4.69, 9.17) is 14.4 Å². The first kappa shape index (κ1) is 58.1. The van der Waals surface area contributed by atoms with Crippen molar-refractivity contribution >= 4 is 71.6 Å². The number of aliphatic hydroxyl groups is 2. The molecule has 6 aromatic heterocycles. The van der Waals surface area contributed by atoms with E-state index in [2.05, 4.69) is 50.2 Å². The number of nitrogens with zero attached hydrogens (tertiary/aromatic N) is 6. The molecule has 8 aromatic rings. The van der Waals surface area contributed by atoms with Crippen LogP contribution in [0.2, 0.25) is 0 Å². The minimum atomic E-state index is -0.735. The number of halogens is 3. The van der Waals surface area contributed by atoms with Crippen LogP contribution in [-0.2, 0) is 62.5 Å². The maximum Gasteiger partial charge on any atom is 0.497 e. The van der Waals surface area contributed by atoms with E-state index >= 15 is 4.39 Å². The van der Waals surface area contributed by atoms with Gasteiger partial charge in [-0.25, -0.2) is 18.4 Å². The van der Waals surface area contributed by atoms with Crippen LogP contribution in [0.4, 0.5) is 8.78 Å². The summed E-state index contributed by atoms with van der Waals surface area (Å²) in [5, 5.41) is 34.1. The highest BCUT2D eigenvalue weighted by atomic mass is 79.9. The number of nitrogens with one attached hydrogen (secondary N) is 2. The Bertz CT molecular complexity index is 3680. The molecule has 1 saturated heterocycles. The molecule has 7 heterocycles. The number of aromatic amines is 2. The van der Waals surface area contributed by atoms with Crippen molar-refractivity contribution in [2.45, 2.75) is 133 Å². The summed E-state index contributed by atoms with van der Waals surface area (Å²) in [5.74, 6) is -0.546. The Morgan fingerprint density at radius 2 is 1.12 bits per heavy atom. The summed E-state index contributed by atoms with van der Waals surface area (Å²) in [6.45, 7) is 23.8. The van der Waals surface area contributed by atoms with Gasteiger partial charge in [-0.15, -0.1) is 22.7 Å². The normalized spacial score (nSPS) is 14.0. The number of aryl methyl sites for hydroxylation is 4. The SMILES string of the molecule is CC1(C)OB(c2cccc(CO)c2F)OC1(C)C.Cc1n[nH]c(C)c1Cc1sc2c(c1-c1cccc(CO)c1F)c(=O)n(C)c(=O)n2CC(C)C.Cc1n[nH]c(C)c1Cc1sc2c(c1Br)c(=O)n(C)c(=O)n2CC(C)C. The predicted octanol–water partition coefficient (Wildman–Crippen LogP) is 8.37. The third kappa shape index (κ3) is 11.1. The topological polar surface area (TPSA) is 204 Å². The Balaban J connectivity index is 0.000000174. The quantitative estimate of drug-likeness (QED) is 0.0861.